The van der Waals surface area contributed by atoms with E-state index in [0.717, 1.165) is 32.1 Å². The van der Waals surface area contributed by atoms with Crippen LogP contribution in [-0.2, 0) is 10.0 Å². The fraction of sp³-hybridized carbons (Fsp3) is 0.600. The van der Waals surface area contributed by atoms with E-state index in [0.29, 0.717) is 5.65 Å². The number of rotatable bonds is 5. The molecular weight excluding hydrogens is 371 g/mol. The van der Waals surface area contributed by atoms with E-state index in [9.17, 15) is 21.6 Å². The molecule has 26 heavy (non-hydrogen) atoms. The van der Waals surface area contributed by atoms with Crippen LogP contribution in [0.1, 0.15) is 44.6 Å². The second-order valence-corrected chi connectivity index (χ2v) is 8.07. The number of anilines is 1. The summed E-state index contributed by atoms with van der Waals surface area (Å²) in [5, 5.41) is 0. The van der Waals surface area contributed by atoms with Crippen molar-refractivity contribution >= 4 is 27.0 Å². The summed E-state index contributed by atoms with van der Waals surface area (Å²) in [5.41, 5.74) is 6.55. The SMILES string of the molecule is Nc1c(S(=O)(=O)NCCC(F)(F)F)c2nccnc2n1C1CCCCC1. The minimum atomic E-state index is -4.45. The molecule has 0 spiro atoms. The first kappa shape index (κ1) is 18.9. The van der Waals surface area contributed by atoms with E-state index in [1.54, 1.807) is 4.57 Å². The van der Waals surface area contributed by atoms with Crippen LogP contribution in [0.4, 0.5) is 19.0 Å². The second kappa shape index (κ2) is 7.03. The normalized spacial score (nSPS) is 17.0. The Labute approximate surface area is 148 Å². The molecule has 1 saturated carbocycles. The molecule has 0 aromatic carbocycles. The van der Waals surface area contributed by atoms with Crippen molar-refractivity contribution in [2.24, 2.45) is 0 Å². The second-order valence-electron chi connectivity index (χ2n) is 6.37. The first-order chi connectivity index (χ1) is 12.2. The van der Waals surface area contributed by atoms with E-state index in [1.165, 1.54) is 12.4 Å². The number of sulfonamides is 1. The van der Waals surface area contributed by atoms with Crippen molar-refractivity contribution in [3.63, 3.8) is 0 Å². The van der Waals surface area contributed by atoms with Gasteiger partial charge in [-0.3, -0.25) is 0 Å². The number of halogens is 3. The number of nitrogens with two attached hydrogens (primary N) is 1. The first-order valence-electron chi connectivity index (χ1n) is 8.37. The van der Waals surface area contributed by atoms with Crippen LogP contribution in [0.25, 0.3) is 11.2 Å². The highest BCUT2D eigenvalue weighted by molar-refractivity contribution is 7.89. The Hall–Kier alpha value is -1.88. The van der Waals surface area contributed by atoms with Crippen LogP contribution in [-0.4, -0.2) is 35.7 Å². The average Bonchev–Trinajstić information content (AvgIpc) is 2.86. The largest absolute Gasteiger partial charge is 0.390 e. The third-order valence-electron chi connectivity index (χ3n) is 4.52. The van der Waals surface area contributed by atoms with Crippen LogP contribution >= 0.6 is 0 Å². The summed E-state index contributed by atoms with van der Waals surface area (Å²) in [4.78, 5) is 8.00. The van der Waals surface area contributed by atoms with Crippen molar-refractivity contribution < 1.29 is 21.6 Å². The minimum absolute atomic E-state index is 0.00192. The summed E-state index contributed by atoms with van der Waals surface area (Å²) in [6.45, 7) is -0.762. The van der Waals surface area contributed by atoms with Crippen LogP contribution in [0.2, 0.25) is 0 Å². The molecule has 0 radical (unpaired) electrons. The lowest BCUT2D eigenvalue weighted by Crippen LogP contribution is -2.28. The molecule has 2 aromatic heterocycles. The molecule has 2 heterocycles. The van der Waals surface area contributed by atoms with Gasteiger partial charge in [0.05, 0.1) is 6.42 Å². The number of fused-ring (bicyclic) bond motifs is 1. The van der Waals surface area contributed by atoms with Gasteiger partial charge in [0.2, 0.25) is 10.0 Å². The average molecular weight is 391 g/mol. The molecule has 0 atom stereocenters. The summed E-state index contributed by atoms with van der Waals surface area (Å²) < 4.78 is 65.8. The predicted molar refractivity (Wildman–Crippen MR) is 89.9 cm³/mol. The molecule has 11 heteroatoms. The Bertz CT molecular complexity index is 889. The predicted octanol–water partition coefficient (Wildman–Crippen LogP) is 2.75. The van der Waals surface area contributed by atoms with Gasteiger partial charge in [0.1, 0.15) is 11.3 Å². The number of nitrogen functional groups attached to an aromatic ring is 1. The van der Waals surface area contributed by atoms with Crippen LogP contribution in [0, 0.1) is 0 Å². The number of alkyl halides is 3. The maximum Gasteiger partial charge on any atom is 0.390 e. The zero-order valence-corrected chi connectivity index (χ0v) is 14.8. The quantitative estimate of drug-likeness (QED) is 0.816. The molecule has 1 fully saturated rings. The van der Waals surface area contributed by atoms with E-state index in [-0.39, 0.29) is 22.3 Å². The van der Waals surface area contributed by atoms with E-state index in [4.69, 9.17) is 5.73 Å². The van der Waals surface area contributed by atoms with E-state index < -0.39 is 29.2 Å². The monoisotopic (exact) mass is 391 g/mol. The summed E-state index contributed by atoms with van der Waals surface area (Å²) in [7, 11) is -4.26. The molecule has 0 aliphatic heterocycles. The molecule has 2 aromatic rings. The Balaban J connectivity index is 2.01. The molecule has 0 unspecified atom stereocenters. The number of nitrogens with zero attached hydrogens (tertiary/aromatic N) is 3. The molecule has 3 N–H and O–H groups in total. The van der Waals surface area contributed by atoms with Crippen molar-refractivity contribution in [1.82, 2.24) is 19.3 Å². The van der Waals surface area contributed by atoms with Gasteiger partial charge in [-0.1, -0.05) is 19.3 Å². The lowest BCUT2D eigenvalue weighted by atomic mass is 9.95. The summed E-state index contributed by atoms with van der Waals surface area (Å²) >= 11 is 0. The van der Waals surface area contributed by atoms with E-state index >= 15 is 0 Å². The fourth-order valence-corrected chi connectivity index (χ4v) is 4.67. The maximum absolute atomic E-state index is 12.6. The van der Waals surface area contributed by atoms with Crippen molar-refractivity contribution in [2.45, 2.75) is 55.6 Å². The smallest absolute Gasteiger partial charge is 0.384 e. The van der Waals surface area contributed by atoms with Crippen molar-refractivity contribution in [3.8, 4) is 0 Å². The zero-order valence-electron chi connectivity index (χ0n) is 14.0. The summed E-state index contributed by atoms with van der Waals surface area (Å²) in [6.07, 6.45) is 1.83. The standard InChI is InChI=1S/C15H20F3N5O2S/c16-15(17,18)6-7-22-26(24,25)12-11-14(21-9-8-20-11)23(13(12)19)10-4-2-1-3-5-10/h8-10,22H,1-7,19H2. The van der Waals surface area contributed by atoms with Crippen LogP contribution in [0.15, 0.2) is 17.3 Å². The number of aromatic nitrogens is 3. The maximum atomic E-state index is 12.6. The third kappa shape index (κ3) is 3.78. The highest BCUT2D eigenvalue weighted by Gasteiger charge is 2.32. The van der Waals surface area contributed by atoms with Gasteiger partial charge < -0.3 is 10.3 Å². The molecule has 1 aliphatic carbocycles. The Morgan fingerprint density at radius 3 is 2.50 bits per heavy atom. The van der Waals surface area contributed by atoms with Crippen LogP contribution < -0.4 is 10.5 Å². The van der Waals surface area contributed by atoms with E-state index in [2.05, 4.69) is 9.97 Å². The fourth-order valence-electron chi connectivity index (χ4n) is 3.39. The van der Waals surface area contributed by atoms with Gasteiger partial charge in [-0.15, -0.1) is 0 Å². The molecule has 144 valence electrons. The summed E-state index contributed by atoms with van der Waals surface area (Å²) in [5.74, 6) is -0.0300. The Morgan fingerprint density at radius 1 is 1.19 bits per heavy atom. The lowest BCUT2D eigenvalue weighted by Gasteiger charge is -2.24. The third-order valence-corrected chi connectivity index (χ3v) is 6.05. The van der Waals surface area contributed by atoms with E-state index in [1.807, 2.05) is 4.72 Å². The number of hydrogen-bond acceptors (Lipinski definition) is 5. The van der Waals surface area contributed by atoms with Gasteiger partial charge >= 0.3 is 6.18 Å². The minimum Gasteiger partial charge on any atom is -0.384 e. The molecule has 0 amide bonds. The van der Waals surface area contributed by atoms with Crippen molar-refractivity contribution in [2.75, 3.05) is 12.3 Å². The zero-order chi connectivity index (χ0) is 18.9. The highest BCUT2D eigenvalue weighted by atomic mass is 32.2. The van der Waals surface area contributed by atoms with Crippen molar-refractivity contribution in [1.29, 1.82) is 0 Å². The Kier molecular flexibility index (Phi) is 5.11. The van der Waals surface area contributed by atoms with Gasteiger partial charge in [-0.2, -0.15) is 13.2 Å². The molecule has 0 bridgehead atoms. The van der Waals surface area contributed by atoms with Gasteiger partial charge in [0.25, 0.3) is 0 Å². The van der Waals surface area contributed by atoms with Gasteiger partial charge in [0, 0.05) is 25.0 Å². The van der Waals surface area contributed by atoms with Crippen LogP contribution in [0.5, 0.6) is 0 Å². The lowest BCUT2D eigenvalue weighted by molar-refractivity contribution is -0.132. The molecular formula is C15H20F3N5O2S. The molecule has 7 nitrogen and oxygen atoms in total. The molecule has 1 aliphatic rings. The Morgan fingerprint density at radius 2 is 1.85 bits per heavy atom. The number of hydrogen-bond donors (Lipinski definition) is 2. The van der Waals surface area contributed by atoms with Gasteiger partial charge in [-0.25, -0.2) is 23.1 Å². The topological polar surface area (TPSA) is 103 Å². The van der Waals surface area contributed by atoms with Crippen molar-refractivity contribution in [3.05, 3.63) is 12.4 Å². The number of nitrogens with one attached hydrogen (secondary N) is 1. The first-order valence-corrected chi connectivity index (χ1v) is 9.86. The van der Waals surface area contributed by atoms with Gasteiger partial charge in [0.15, 0.2) is 10.5 Å². The molecule has 3 rings (SSSR count). The highest BCUT2D eigenvalue weighted by Crippen LogP contribution is 2.37. The van der Waals surface area contributed by atoms with Crippen LogP contribution in [0.3, 0.4) is 0 Å². The molecule has 0 saturated heterocycles. The summed E-state index contributed by atoms with van der Waals surface area (Å²) in [6, 6.07) is 0.00192. The van der Waals surface area contributed by atoms with Gasteiger partial charge in [-0.05, 0) is 12.8 Å².